The molecule has 0 fully saturated rings. The van der Waals surface area contributed by atoms with E-state index in [1.165, 1.54) is 6.92 Å². The lowest BCUT2D eigenvalue weighted by Crippen LogP contribution is -2.48. The minimum absolute atomic E-state index is 0.273. The molecule has 9 heteroatoms. The molecule has 8 nitrogen and oxygen atoms in total. The third-order valence-corrected chi connectivity index (χ3v) is 5.77. The normalized spacial score (nSPS) is 14.1. The number of ether oxygens (including phenoxy) is 3. The first-order valence-corrected chi connectivity index (χ1v) is 11.5. The molecule has 1 amide bonds. The summed E-state index contributed by atoms with van der Waals surface area (Å²) in [7, 11) is -3.72. The molecule has 1 atom stereocenters. The first-order valence-electron chi connectivity index (χ1n) is 9.64. The molecule has 0 radical (unpaired) electrons. The lowest BCUT2D eigenvalue weighted by atomic mass is 10.2. The summed E-state index contributed by atoms with van der Waals surface area (Å²) in [4.78, 5) is 12.6. The maximum atomic E-state index is 12.6. The van der Waals surface area contributed by atoms with Crippen molar-refractivity contribution in [2.75, 3.05) is 36.9 Å². The number of fused-ring (bicyclic) bond motifs is 1. The lowest BCUT2D eigenvalue weighted by molar-refractivity contribution is -0.122. The summed E-state index contributed by atoms with van der Waals surface area (Å²) in [5.41, 5.74) is 1.38. The van der Waals surface area contributed by atoms with Gasteiger partial charge in [-0.2, -0.15) is 0 Å². The van der Waals surface area contributed by atoms with Gasteiger partial charge in [-0.25, -0.2) is 8.42 Å². The maximum Gasteiger partial charge on any atom is 0.243 e. The van der Waals surface area contributed by atoms with E-state index in [1.54, 1.807) is 18.2 Å². The number of nitrogens with one attached hydrogen (secondary N) is 1. The standard InChI is InChI=1S/C21H26N2O6S/c1-16(21(24)22-10-11-27-15-17-6-4-3-5-7-17)23(30(2,25)26)18-8-9-19-20(14-18)29-13-12-28-19/h3-9,14,16H,10-13,15H2,1-2H3,(H,22,24). The van der Waals surface area contributed by atoms with Gasteiger partial charge in [-0.15, -0.1) is 0 Å². The fourth-order valence-corrected chi connectivity index (χ4v) is 4.30. The number of sulfonamides is 1. The van der Waals surface area contributed by atoms with Gasteiger partial charge in [-0.3, -0.25) is 9.10 Å². The molecule has 0 aliphatic carbocycles. The molecule has 0 saturated carbocycles. The predicted octanol–water partition coefficient (Wildman–Crippen LogP) is 1.95. The van der Waals surface area contributed by atoms with Crippen LogP contribution < -0.4 is 19.1 Å². The first kappa shape index (κ1) is 21.9. The van der Waals surface area contributed by atoms with Crippen LogP contribution in [0.5, 0.6) is 11.5 Å². The van der Waals surface area contributed by atoms with Gasteiger partial charge >= 0.3 is 0 Å². The van der Waals surface area contributed by atoms with Crippen molar-refractivity contribution in [1.82, 2.24) is 5.32 Å². The Bertz CT molecular complexity index is 965. The summed E-state index contributed by atoms with van der Waals surface area (Å²) in [6.45, 7) is 3.39. The number of hydrogen-bond donors (Lipinski definition) is 1. The second kappa shape index (κ2) is 9.82. The monoisotopic (exact) mass is 434 g/mol. The minimum Gasteiger partial charge on any atom is -0.486 e. The van der Waals surface area contributed by atoms with Crippen molar-refractivity contribution in [2.45, 2.75) is 19.6 Å². The molecule has 162 valence electrons. The molecule has 1 unspecified atom stereocenters. The Morgan fingerprint density at radius 2 is 1.83 bits per heavy atom. The molecular formula is C21H26N2O6S. The smallest absolute Gasteiger partial charge is 0.243 e. The van der Waals surface area contributed by atoms with E-state index in [0.717, 1.165) is 16.1 Å². The Hall–Kier alpha value is -2.78. The van der Waals surface area contributed by atoms with E-state index in [1.807, 2.05) is 30.3 Å². The number of carbonyl (C=O) groups is 1. The molecule has 2 aromatic carbocycles. The van der Waals surface area contributed by atoms with Gasteiger partial charge in [0.1, 0.15) is 19.3 Å². The zero-order chi connectivity index (χ0) is 21.6. The van der Waals surface area contributed by atoms with Crippen molar-refractivity contribution in [3.8, 4) is 11.5 Å². The molecule has 30 heavy (non-hydrogen) atoms. The van der Waals surface area contributed by atoms with Gasteiger partial charge in [0, 0.05) is 12.6 Å². The van der Waals surface area contributed by atoms with Crippen LogP contribution in [-0.4, -0.2) is 53.0 Å². The van der Waals surface area contributed by atoms with Gasteiger partial charge in [0.25, 0.3) is 0 Å². The van der Waals surface area contributed by atoms with Crippen molar-refractivity contribution in [1.29, 1.82) is 0 Å². The third-order valence-electron chi connectivity index (χ3n) is 4.53. The molecule has 2 aromatic rings. The largest absolute Gasteiger partial charge is 0.486 e. The number of benzene rings is 2. The van der Waals surface area contributed by atoms with Gasteiger partial charge in [-0.05, 0) is 24.6 Å². The van der Waals surface area contributed by atoms with E-state index in [4.69, 9.17) is 14.2 Å². The summed E-state index contributed by atoms with van der Waals surface area (Å²) in [6.07, 6.45) is 1.07. The van der Waals surface area contributed by atoms with Crippen LogP contribution in [0, 0.1) is 0 Å². The molecule has 1 aliphatic rings. The van der Waals surface area contributed by atoms with Crippen LogP contribution in [0.2, 0.25) is 0 Å². The lowest BCUT2D eigenvalue weighted by Gasteiger charge is -2.29. The second-order valence-corrected chi connectivity index (χ2v) is 8.75. The number of nitrogens with zero attached hydrogens (tertiary/aromatic N) is 1. The van der Waals surface area contributed by atoms with E-state index < -0.39 is 22.0 Å². The van der Waals surface area contributed by atoms with Gasteiger partial charge in [0.2, 0.25) is 15.9 Å². The molecule has 1 aliphatic heterocycles. The molecule has 0 bridgehead atoms. The van der Waals surface area contributed by atoms with Crippen molar-refractivity contribution < 1.29 is 27.4 Å². The SMILES string of the molecule is CC(C(=O)NCCOCc1ccccc1)N(c1ccc2c(c1)OCCO2)S(C)(=O)=O. The van der Waals surface area contributed by atoms with E-state index in [-0.39, 0.29) is 6.54 Å². The predicted molar refractivity (Wildman–Crippen MR) is 113 cm³/mol. The third kappa shape index (κ3) is 5.64. The van der Waals surface area contributed by atoms with Gasteiger partial charge in [0.05, 0.1) is 25.2 Å². The molecule has 1 heterocycles. The highest BCUT2D eigenvalue weighted by atomic mass is 32.2. The van der Waals surface area contributed by atoms with Gasteiger partial charge in [0.15, 0.2) is 11.5 Å². The summed E-state index contributed by atoms with van der Waals surface area (Å²) >= 11 is 0. The Labute approximate surface area is 176 Å². The van der Waals surface area contributed by atoms with Crippen LogP contribution in [0.1, 0.15) is 12.5 Å². The van der Waals surface area contributed by atoms with E-state index in [0.29, 0.717) is 43.6 Å². The number of amides is 1. The fourth-order valence-electron chi connectivity index (χ4n) is 3.14. The molecule has 3 rings (SSSR count). The Morgan fingerprint density at radius 3 is 2.53 bits per heavy atom. The van der Waals surface area contributed by atoms with Gasteiger partial charge in [-0.1, -0.05) is 30.3 Å². The van der Waals surface area contributed by atoms with Crippen LogP contribution in [0.25, 0.3) is 0 Å². The fraction of sp³-hybridized carbons (Fsp3) is 0.381. The number of anilines is 1. The Morgan fingerprint density at radius 1 is 1.13 bits per heavy atom. The maximum absolute atomic E-state index is 12.6. The number of rotatable bonds is 9. The number of hydrogen-bond acceptors (Lipinski definition) is 6. The van der Waals surface area contributed by atoms with Crippen LogP contribution in [-0.2, 0) is 26.2 Å². The van der Waals surface area contributed by atoms with Crippen molar-refractivity contribution in [2.24, 2.45) is 0 Å². The zero-order valence-electron chi connectivity index (χ0n) is 17.0. The minimum atomic E-state index is -3.72. The average Bonchev–Trinajstić information content (AvgIpc) is 2.73. The van der Waals surface area contributed by atoms with Crippen LogP contribution >= 0.6 is 0 Å². The summed E-state index contributed by atoms with van der Waals surface area (Å²) in [5, 5.41) is 2.73. The summed E-state index contributed by atoms with van der Waals surface area (Å²) in [6, 6.07) is 13.6. The topological polar surface area (TPSA) is 94.2 Å². The van der Waals surface area contributed by atoms with Crippen molar-refractivity contribution in [3.05, 3.63) is 54.1 Å². The van der Waals surface area contributed by atoms with Crippen LogP contribution in [0.15, 0.2) is 48.5 Å². The van der Waals surface area contributed by atoms with Crippen LogP contribution in [0.3, 0.4) is 0 Å². The second-order valence-electron chi connectivity index (χ2n) is 6.89. The van der Waals surface area contributed by atoms with Gasteiger partial charge < -0.3 is 19.5 Å². The van der Waals surface area contributed by atoms with Crippen molar-refractivity contribution >= 4 is 21.6 Å². The highest BCUT2D eigenvalue weighted by molar-refractivity contribution is 7.92. The Balaban J connectivity index is 1.59. The first-order chi connectivity index (χ1) is 14.4. The van der Waals surface area contributed by atoms with E-state index >= 15 is 0 Å². The van der Waals surface area contributed by atoms with E-state index in [2.05, 4.69) is 5.32 Å². The van der Waals surface area contributed by atoms with Crippen molar-refractivity contribution in [3.63, 3.8) is 0 Å². The molecule has 1 N–H and O–H groups in total. The molecule has 0 aromatic heterocycles. The molecular weight excluding hydrogens is 408 g/mol. The summed E-state index contributed by atoms with van der Waals surface area (Å²) < 4.78 is 42.5. The zero-order valence-corrected chi connectivity index (χ0v) is 17.9. The van der Waals surface area contributed by atoms with E-state index in [9.17, 15) is 13.2 Å². The number of carbonyl (C=O) groups excluding carboxylic acids is 1. The highest BCUT2D eigenvalue weighted by Crippen LogP contribution is 2.35. The average molecular weight is 435 g/mol. The van der Waals surface area contributed by atoms with Crippen LogP contribution in [0.4, 0.5) is 5.69 Å². The Kier molecular flexibility index (Phi) is 7.17. The summed E-state index contributed by atoms with van der Waals surface area (Å²) in [5.74, 6) is 0.582. The molecule has 0 saturated heterocycles. The molecule has 0 spiro atoms. The quantitative estimate of drug-likeness (QED) is 0.607. The highest BCUT2D eigenvalue weighted by Gasteiger charge is 2.30.